The van der Waals surface area contributed by atoms with Crippen LogP contribution >= 0.6 is 12.2 Å². The Balaban J connectivity index is 1.63. The highest BCUT2D eigenvalue weighted by Crippen LogP contribution is 2.29. The Kier molecular flexibility index (Phi) is 4.43. The van der Waals surface area contributed by atoms with E-state index in [0.717, 1.165) is 12.8 Å². The topological polar surface area (TPSA) is 41.9 Å². The summed E-state index contributed by atoms with van der Waals surface area (Å²) in [7, 11) is 2.01. The van der Waals surface area contributed by atoms with Crippen molar-refractivity contribution in [1.82, 2.24) is 20.4 Å². The first-order valence-electron chi connectivity index (χ1n) is 7.78. The number of aromatic nitrogens is 2. The molecule has 0 fully saturated rings. The van der Waals surface area contributed by atoms with Gasteiger partial charge in [-0.3, -0.25) is 4.68 Å². The zero-order valence-electron chi connectivity index (χ0n) is 13.0. The molecule has 1 aromatic carbocycles. The Morgan fingerprint density at radius 1 is 1.36 bits per heavy atom. The van der Waals surface area contributed by atoms with Crippen LogP contribution in [0.1, 0.15) is 48.7 Å². The largest absolute Gasteiger partial charge is 0.356 e. The van der Waals surface area contributed by atoms with E-state index in [-0.39, 0.29) is 12.1 Å². The van der Waals surface area contributed by atoms with Gasteiger partial charge in [0.05, 0.1) is 18.3 Å². The molecule has 22 heavy (non-hydrogen) atoms. The van der Waals surface area contributed by atoms with E-state index in [4.69, 9.17) is 12.2 Å². The molecule has 1 aliphatic rings. The van der Waals surface area contributed by atoms with Crippen LogP contribution in [0.2, 0.25) is 0 Å². The van der Waals surface area contributed by atoms with Crippen LogP contribution in [0, 0.1) is 0 Å². The molecular formula is C17H22N4S. The predicted octanol–water partition coefficient (Wildman–Crippen LogP) is 3.02. The lowest BCUT2D eigenvalue weighted by molar-refractivity contribution is 0.506. The minimum absolute atomic E-state index is 0.193. The van der Waals surface area contributed by atoms with E-state index in [1.54, 1.807) is 0 Å². The number of nitrogens with one attached hydrogen (secondary N) is 2. The van der Waals surface area contributed by atoms with Crippen molar-refractivity contribution in [3.8, 4) is 0 Å². The Labute approximate surface area is 136 Å². The first-order valence-corrected chi connectivity index (χ1v) is 8.18. The molecule has 2 N–H and O–H groups in total. The van der Waals surface area contributed by atoms with E-state index < -0.39 is 0 Å². The van der Waals surface area contributed by atoms with E-state index in [1.165, 1.54) is 23.2 Å². The molecule has 4 nitrogen and oxygen atoms in total. The van der Waals surface area contributed by atoms with E-state index in [1.807, 2.05) is 36.1 Å². The molecule has 2 atom stereocenters. The lowest BCUT2D eigenvalue weighted by Gasteiger charge is -2.26. The van der Waals surface area contributed by atoms with Crippen LogP contribution in [0.4, 0.5) is 0 Å². The van der Waals surface area contributed by atoms with Crippen molar-refractivity contribution >= 4 is 17.3 Å². The maximum absolute atomic E-state index is 5.50. The second-order valence-electron chi connectivity index (χ2n) is 5.87. The Morgan fingerprint density at radius 2 is 2.14 bits per heavy atom. The van der Waals surface area contributed by atoms with Crippen LogP contribution in [-0.2, 0) is 13.5 Å². The maximum Gasteiger partial charge on any atom is 0.167 e. The van der Waals surface area contributed by atoms with Gasteiger partial charge in [-0.2, -0.15) is 5.10 Å². The molecule has 2 aromatic rings. The van der Waals surface area contributed by atoms with Gasteiger partial charge < -0.3 is 10.6 Å². The van der Waals surface area contributed by atoms with Gasteiger partial charge in [-0.1, -0.05) is 30.3 Å². The van der Waals surface area contributed by atoms with E-state index in [2.05, 4.69) is 34.8 Å². The SMILES string of the molecule is CC(NC(=S)NC1CCCc2c1cnn2C)c1ccccc1. The van der Waals surface area contributed by atoms with Gasteiger partial charge in [0.15, 0.2) is 5.11 Å². The molecule has 1 aliphatic carbocycles. The van der Waals surface area contributed by atoms with E-state index in [0.29, 0.717) is 5.11 Å². The molecule has 0 bridgehead atoms. The summed E-state index contributed by atoms with van der Waals surface area (Å²) in [6.07, 6.45) is 5.33. The fraction of sp³-hybridized carbons (Fsp3) is 0.412. The summed E-state index contributed by atoms with van der Waals surface area (Å²) in [6, 6.07) is 10.8. The zero-order valence-corrected chi connectivity index (χ0v) is 13.9. The summed E-state index contributed by atoms with van der Waals surface area (Å²) in [5, 5.41) is 11.9. The van der Waals surface area contributed by atoms with Crippen molar-refractivity contribution in [3.63, 3.8) is 0 Å². The van der Waals surface area contributed by atoms with Gasteiger partial charge in [-0.05, 0) is 44.0 Å². The average Bonchev–Trinajstić information content (AvgIpc) is 2.91. The highest BCUT2D eigenvalue weighted by atomic mass is 32.1. The van der Waals surface area contributed by atoms with Crippen LogP contribution in [0.3, 0.4) is 0 Å². The Morgan fingerprint density at radius 3 is 2.91 bits per heavy atom. The number of fused-ring (bicyclic) bond motifs is 1. The molecule has 1 heterocycles. The van der Waals surface area contributed by atoms with Crippen molar-refractivity contribution in [2.24, 2.45) is 7.05 Å². The summed E-state index contributed by atoms with van der Waals surface area (Å²) in [5.74, 6) is 0. The minimum atomic E-state index is 0.193. The standard InChI is InChI=1S/C17H22N4S/c1-12(13-7-4-3-5-8-13)19-17(22)20-15-9-6-10-16-14(15)11-18-21(16)2/h3-5,7-8,11-12,15H,6,9-10H2,1-2H3,(H2,19,20,22). The second-order valence-corrected chi connectivity index (χ2v) is 6.27. The van der Waals surface area contributed by atoms with Gasteiger partial charge in [-0.25, -0.2) is 0 Å². The third-order valence-corrected chi connectivity index (χ3v) is 4.56. The van der Waals surface area contributed by atoms with E-state index in [9.17, 15) is 0 Å². The monoisotopic (exact) mass is 314 g/mol. The Bertz CT molecular complexity index is 650. The highest BCUT2D eigenvalue weighted by Gasteiger charge is 2.24. The van der Waals surface area contributed by atoms with Crippen molar-refractivity contribution in [3.05, 3.63) is 53.3 Å². The summed E-state index contributed by atoms with van der Waals surface area (Å²) in [4.78, 5) is 0. The first kappa shape index (κ1) is 15.0. The lowest BCUT2D eigenvalue weighted by atomic mass is 9.93. The van der Waals surface area contributed by atoms with Gasteiger partial charge in [0.25, 0.3) is 0 Å². The van der Waals surface area contributed by atoms with Gasteiger partial charge in [0, 0.05) is 18.3 Å². The Hall–Kier alpha value is -1.88. The number of rotatable bonds is 3. The molecule has 3 rings (SSSR count). The van der Waals surface area contributed by atoms with Gasteiger partial charge in [0.2, 0.25) is 0 Å². The van der Waals surface area contributed by atoms with Crippen molar-refractivity contribution in [1.29, 1.82) is 0 Å². The minimum Gasteiger partial charge on any atom is -0.356 e. The van der Waals surface area contributed by atoms with Crippen LogP contribution in [0.15, 0.2) is 36.5 Å². The smallest absolute Gasteiger partial charge is 0.167 e. The van der Waals surface area contributed by atoms with Crippen LogP contribution in [0.5, 0.6) is 0 Å². The zero-order chi connectivity index (χ0) is 15.5. The number of thiocarbonyl (C=S) groups is 1. The van der Waals surface area contributed by atoms with Crippen LogP contribution in [-0.4, -0.2) is 14.9 Å². The van der Waals surface area contributed by atoms with Crippen LogP contribution in [0.25, 0.3) is 0 Å². The number of aryl methyl sites for hydroxylation is 1. The molecule has 1 aromatic heterocycles. The summed E-state index contributed by atoms with van der Waals surface area (Å²) in [5.41, 5.74) is 3.84. The van der Waals surface area contributed by atoms with Crippen molar-refractivity contribution in [2.75, 3.05) is 0 Å². The first-order chi connectivity index (χ1) is 10.6. The van der Waals surface area contributed by atoms with Crippen molar-refractivity contribution < 1.29 is 0 Å². The molecule has 0 saturated heterocycles. The third kappa shape index (κ3) is 3.14. The molecule has 5 heteroatoms. The van der Waals surface area contributed by atoms with Gasteiger partial charge >= 0.3 is 0 Å². The maximum atomic E-state index is 5.50. The molecule has 0 aliphatic heterocycles. The fourth-order valence-corrected chi connectivity index (χ4v) is 3.40. The lowest BCUT2D eigenvalue weighted by Crippen LogP contribution is -2.39. The normalized spacial score (nSPS) is 18.4. The molecule has 0 amide bonds. The number of benzene rings is 1. The number of hydrogen-bond donors (Lipinski definition) is 2. The number of hydrogen-bond acceptors (Lipinski definition) is 2. The predicted molar refractivity (Wildman–Crippen MR) is 92.6 cm³/mol. The molecule has 0 saturated carbocycles. The second kappa shape index (κ2) is 6.48. The average molecular weight is 314 g/mol. The third-order valence-electron chi connectivity index (χ3n) is 4.33. The summed E-state index contributed by atoms with van der Waals surface area (Å²) < 4.78 is 1.98. The molecule has 116 valence electrons. The number of nitrogens with zero attached hydrogens (tertiary/aromatic N) is 2. The van der Waals surface area contributed by atoms with Crippen LogP contribution < -0.4 is 10.6 Å². The molecule has 2 unspecified atom stereocenters. The quantitative estimate of drug-likeness (QED) is 0.855. The van der Waals surface area contributed by atoms with Gasteiger partial charge in [-0.15, -0.1) is 0 Å². The highest BCUT2D eigenvalue weighted by molar-refractivity contribution is 7.80. The van der Waals surface area contributed by atoms with Gasteiger partial charge in [0.1, 0.15) is 0 Å². The van der Waals surface area contributed by atoms with Crippen molar-refractivity contribution in [2.45, 2.75) is 38.3 Å². The van der Waals surface area contributed by atoms with E-state index >= 15 is 0 Å². The molecule has 0 radical (unpaired) electrons. The molecular weight excluding hydrogens is 292 g/mol. The molecule has 0 spiro atoms. The summed E-state index contributed by atoms with van der Waals surface area (Å²) >= 11 is 5.50. The fourth-order valence-electron chi connectivity index (χ4n) is 3.08. The summed E-state index contributed by atoms with van der Waals surface area (Å²) in [6.45, 7) is 2.12.